The molecule has 0 saturated carbocycles. The maximum atomic E-state index is 14.5. The average Bonchev–Trinajstić information content (AvgIpc) is 3.06. The van der Waals surface area contributed by atoms with Crippen LogP contribution in [-0.2, 0) is 32.6 Å². The van der Waals surface area contributed by atoms with Gasteiger partial charge in [0.05, 0.1) is 17.7 Å². The molecule has 0 heterocycles. The number of ether oxygens (including phenoxy) is 1. The maximum Gasteiger partial charge on any atom is 0.264 e. The molecule has 0 radical (unpaired) electrons. The molecule has 0 bridgehead atoms. The first-order chi connectivity index (χ1) is 21.6. The van der Waals surface area contributed by atoms with E-state index in [2.05, 4.69) is 5.32 Å². The van der Waals surface area contributed by atoms with E-state index in [1.807, 2.05) is 81.4 Å². The summed E-state index contributed by atoms with van der Waals surface area (Å²) in [4.78, 5) is 30.0. The summed E-state index contributed by atoms with van der Waals surface area (Å²) >= 11 is 0. The third-order valence-corrected chi connectivity index (χ3v) is 9.49. The van der Waals surface area contributed by atoms with Crippen LogP contribution in [0.4, 0.5) is 5.69 Å². The average molecular weight is 628 g/mol. The number of nitrogens with zero attached hydrogens (tertiary/aromatic N) is 2. The van der Waals surface area contributed by atoms with E-state index in [1.54, 1.807) is 36.4 Å². The number of carbonyl (C=O) groups is 2. The van der Waals surface area contributed by atoms with Crippen molar-refractivity contribution < 1.29 is 22.7 Å². The summed E-state index contributed by atoms with van der Waals surface area (Å²) in [6, 6.07) is 31.0. The molecule has 0 fully saturated rings. The van der Waals surface area contributed by atoms with Crippen LogP contribution < -0.4 is 14.4 Å². The van der Waals surface area contributed by atoms with Crippen molar-refractivity contribution in [2.45, 2.75) is 57.1 Å². The van der Waals surface area contributed by atoms with Crippen molar-refractivity contribution in [3.05, 3.63) is 126 Å². The number of hydrogen-bond acceptors (Lipinski definition) is 5. The Morgan fingerprint density at radius 1 is 0.844 bits per heavy atom. The fraction of sp³-hybridized carbons (Fsp3) is 0.278. The molecule has 0 aliphatic carbocycles. The fourth-order valence-electron chi connectivity index (χ4n) is 4.91. The van der Waals surface area contributed by atoms with Crippen LogP contribution in [0.15, 0.2) is 114 Å². The molecule has 4 rings (SSSR count). The van der Waals surface area contributed by atoms with Gasteiger partial charge in [-0.15, -0.1) is 0 Å². The Bertz CT molecular complexity index is 1660. The Morgan fingerprint density at radius 2 is 1.47 bits per heavy atom. The molecular weight excluding hydrogens is 586 g/mol. The zero-order valence-corrected chi connectivity index (χ0v) is 27.0. The summed E-state index contributed by atoms with van der Waals surface area (Å²) in [6.07, 6.45) is 0.973. The topological polar surface area (TPSA) is 96.0 Å². The normalized spacial score (nSPS) is 12.5. The fourth-order valence-corrected chi connectivity index (χ4v) is 6.31. The molecule has 4 aromatic carbocycles. The number of aryl methyl sites for hydroxylation is 1. The predicted molar refractivity (Wildman–Crippen MR) is 178 cm³/mol. The molecule has 2 atom stereocenters. The van der Waals surface area contributed by atoms with Gasteiger partial charge in [-0.2, -0.15) is 0 Å². The molecule has 236 valence electrons. The largest absolute Gasteiger partial charge is 0.497 e. The van der Waals surface area contributed by atoms with E-state index < -0.39 is 28.5 Å². The molecule has 0 saturated heterocycles. The molecule has 1 N–H and O–H groups in total. The van der Waals surface area contributed by atoms with Crippen molar-refractivity contribution >= 4 is 27.5 Å². The highest BCUT2D eigenvalue weighted by Crippen LogP contribution is 2.28. The van der Waals surface area contributed by atoms with Gasteiger partial charge >= 0.3 is 0 Å². The van der Waals surface area contributed by atoms with Gasteiger partial charge in [0.15, 0.2) is 0 Å². The van der Waals surface area contributed by atoms with Crippen molar-refractivity contribution in [3.63, 3.8) is 0 Å². The number of carbonyl (C=O) groups excluding carboxylic acids is 2. The zero-order chi connectivity index (χ0) is 32.4. The molecular formula is C36H41N3O5S. The van der Waals surface area contributed by atoms with Gasteiger partial charge < -0.3 is 15.0 Å². The zero-order valence-electron chi connectivity index (χ0n) is 26.2. The minimum atomic E-state index is -4.20. The smallest absolute Gasteiger partial charge is 0.264 e. The third kappa shape index (κ3) is 8.73. The highest BCUT2D eigenvalue weighted by atomic mass is 32.2. The van der Waals surface area contributed by atoms with Crippen molar-refractivity contribution in [1.29, 1.82) is 0 Å². The van der Waals surface area contributed by atoms with E-state index in [-0.39, 0.29) is 35.5 Å². The van der Waals surface area contributed by atoms with Crippen molar-refractivity contribution in [1.82, 2.24) is 10.2 Å². The SMILES string of the molecule is CC[C@H](C)NC(=O)[C@H](Cc1ccccc1)N(Cc1ccccc1)C(=O)CN(c1cccc(OC)c1)S(=O)(=O)c1ccc(C)cc1. The number of methoxy groups -OCH3 is 1. The van der Waals surface area contributed by atoms with Gasteiger partial charge in [0.2, 0.25) is 11.8 Å². The van der Waals surface area contributed by atoms with Gasteiger partial charge in [0, 0.05) is 25.1 Å². The van der Waals surface area contributed by atoms with Crippen molar-refractivity contribution in [2.24, 2.45) is 0 Å². The lowest BCUT2D eigenvalue weighted by Crippen LogP contribution is -2.54. The van der Waals surface area contributed by atoms with Crippen LogP contribution in [0.3, 0.4) is 0 Å². The first-order valence-electron chi connectivity index (χ1n) is 15.0. The lowest BCUT2D eigenvalue weighted by atomic mass is 10.0. The molecule has 45 heavy (non-hydrogen) atoms. The van der Waals surface area contributed by atoms with Crippen LogP contribution in [0.1, 0.15) is 37.0 Å². The van der Waals surface area contributed by atoms with E-state index >= 15 is 0 Å². The molecule has 9 heteroatoms. The second-order valence-electron chi connectivity index (χ2n) is 11.1. The van der Waals surface area contributed by atoms with Gasteiger partial charge in [-0.1, -0.05) is 91.3 Å². The maximum absolute atomic E-state index is 14.5. The highest BCUT2D eigenvalue weighted by Gasteiger charge is 2.35. The lowest BCUT2D eigenvalue weighted by Gasteiger charge is -2.34. The number of hydrogen-bond donors (Lipinski definition) is 1. The number of anilines is 1. The Morgan fingerprint density at radius 3 is 2.07 bits per heavy atom. The molecule has 0 aromatic heterocycles. The number of benzene rings is 4. The predicted octanol–water partition coefficient (Wildman–Crippen LogP) is 5.75. The van der Waals surface area contributed by atoms with Crippen LogP contribution in [0.25, 0.3) is 0 Å². The molecule has 0 unspecified atom stereocenters. The number of rotatable bonds is 14. The minimum Gasteiger partial charge on any atom is -0.497 e. The summed E-state index contributed by atoms with van der Waals surface area (Å²) < 4.78 is 34.8. The van der Waals surface area contributed by atoms with E-state index in [9.17, 15) is 18.0 Å². The van der Waals surface area contributed by atoms with Gasteiger partial charge in [-0.25, -0.2) is 8.42 Å². The molecule has 2 amide bonds. The Hall–Kier alpha value is -4.63. The summed E-state index contributed by atoms with van der Waals surface area (Å²) in [5, 5.41) is 3.05. The number of amides is 2. The Kier molecular flexibility index (Phi) is 11.4. The molecule has 4 aromatic rings. The standard InChI is InChI=1S/C36H41N3O5S/c1-5-28(3)37-36(41)34(23-29-13-8-6-9-14-29)38(25-30-15-10-7-11-16-30)35(40)26-39(31-17-12-18-32(24-31)44-4)45(42,43)33-21-19-27(2)20-22-33/h6-22,24,28,34H,5,23,25-26H2,1-4H3,(H,37,41)/t28-,34-/m0/s1. The van der Waals surface area contributed by atoms with Crippen molar-refractivity contribution in [3.8, 4) is 5.75 Å². The third-order valence-electron chi connectivity index (χ3n) is 7.70. The highest BCUT2D eigenvalue weighted by molar-refractivity contribution is 7.92. The van der Waals surface area contributed by atoms with Crippen LogP contribution in [0.2, 0.25) is 0 Å². The summed E-state index contributed by atoms with van der Waals surface area (Å²) in [5.74, 6) is -0.371. The first-order valence-corrected chi connectivity index (χ1v) is 16.5. The molecule has 0 spiro atoms. The van der Waals surface area contributed by atoms with Crippen LogP contribution >= 0.6 is 0 Å². The molecule has 0 aliphatic heterocycles. The van der Waals surface area contributed by atoms with Crippen LogP contribution in [0.5, 0.6) is 5.75 Å². The summed E-state index contributed by atoms with van der Waals surface area (Å²) in [5.41, 5.74) is 2.87. The van der Waals surface area contributed by atoms with Gasteiger partial charge in [-0.05, 0) is 55.7 Å². The monoisotopic (exact) mass is 627 g/mol. The summed E-state index contributed by atoms with van der Waals surface area (Å²) in [6.45, 7) is 5.35. The summed E-state index contributed by atoms with van der Waals surface area (Å²) in [7, 11) is -2.70. The first kappa shape index (κ1) is 33.3. The van der Waals surface area contributed by atoms with Gasteiger partial charge in [0.25, 0.3) is 10.0 Å². The Balaban J connectivity index is 1.80. The minimum absolute atomic E-state index is 0.0497. The van der Waals surface area contributed by atoms with E-state index in [0.29, 0.717) is 5.75 Å². The van der Waals surface area contributed by atoms with Gasteiger partial charge in [0.1, 0.15) is 18.3 Å². The van der Waals surface area contributed by atoms with E-state index in [0.717, 1.165) is 27.4 Å². The quantitative estimate of drug-likeness (QED) is 0.192. The second kappa shape index (κ2) is 15.4. The number of nitrogens with one attached hydrogen (secondary N) is 1. The van der Waals surface area contributed by atoms with Crippen LogP contribution in [-0.4, -0.2) is 50.9 Å². The lowest BCUT2D eigenvalue weighted by molar-refractivity contribution is -0.140. The van der Waals surface area contributed by atoms with Gasteiger partial charge in [-0.3, -0.25) is 13.9 Å². The van der Waals surface area contributed by atoms with E-state index in [1.165, 1.54) is 24.1 Å². The Labute approximate surface area is 266 Å². The van der Waals surface area contributed by atoms with Crippen LogP contribution in [0, 0.1) is 6.92 Å². The number of sulfonamides is 1. The second-order valence-corrected chi connectivity index (χ2v) is 12.9. The van der Waals surface area contributed by atoms with Crippen molar-refractivity contribution in [2.75, 3.05) is 18.0 Å². The van der Waals surface area contributed by atoms with E-state index in [4.69, 9.17) is 4.74 Å². The molecule has 8 nitrogen and oxygen atoms in total. The molecule has 0 aliphatic rings.